The highest BCUT2D eigenvalue weighted by molar-refractivity contribution is 5.96. The number of nitrogens with zero attached hydrogens (tertiary/aromatic N) is 4. The Bertz CT molecular complexity index is 548. The van der Waals surface area contributed by atoms with Crippen LogP contribution in [0.4, 0.5) is 0 Å². The summed E-state index contributed by atoms with van der Waals surface area (Å²) in [7, 11) is 0. The molecule has 2 aromatic heterocycles. The molecule has 0 aliphatic rings. The normalized spacial score (nSPS) is 10.5. The van der Waals surface area contributed by atoms with Gasteiger partial charge >= 0.3 is 0 Å². The Labute approximate surface area is 97.9 Å². The lowest BCUT2D eigenvalue weighted by Gasteiger charge is -1.99. The number of hydrogen-bond donors (Lipinski definition) is 0. The molecule has 0 saturated heterocycles. The molecule has 0 saturated carbocycles. The highest BCUT2D eigenvalue weighted by atomic mass is 16.5. The van der Waals surface area contributed by atoms with Crippen molar-refractivity contribution in [2.24, 2.45) is 4.99 Å². The zero-order valence-electron chi connectivity index (χ0n) is 9.67. The summed E-state index contributed by atoms with van der Waals surface area (Å²) in [5.74, 6) is 0.378. The van der Waals surface area contributed by atoms with E-state index in [0.717, 1.165) is 17.0 Å². The van der Waals surface area contributed by atoms with Gasteiger partial charge in [-0.05, 0) is 20.6 Å². The first-order chi connectivity index (χ1) is 8.11. The molecule has 0 fully saturated rings. The molecule has 2 heterocycles. The zero-order valence-corrected chi connectivity index (χ0v) is 9.67. The summed E-state index contributed by atoms with van der Waals surface area (Å²) < 4.78 is 6.70. The fourth-order valence-electron chi connectivity index (χ4n) is 1.54. The Kier molecular flexibility index (Phi) is 2.86. The van der Waals surface area contributed by atoms with E-state index >= 15 is 0 Å². The Morgan fingerprint density at radius 1 is 1.59 bits per heavy atom. The van der Waals surface area contributed by atoms with Gasteiger partial charge in [0.1, 0.15) is 5.76 Å². The smallest absolute Gasteiger partial charge is 0.279 e. The van der Waals surface area contributed by atoms with Crippen molar-refractivity contribution < 1.29 is 9.32 Å². The summed E-state index contributed by atoms with van der Waals surface area (Å²) in [5, 5.41) is 7.94. The first-order valence-electron chi connectivity index (χ1n) is 5.07. The molecule has 0 spiro atoms. The minimum absolute atomic E-state index is 0.380. The second-order valence-corrected chi connectivity index (χ2v) is 3.69. The molecule has 6 heteroatoms. The second kappa shape index (κ2) is 4.32. The summed E-state index contributed by atoms with van der Waals surface area (Å²) in [6, 6.07) is 0. The molecule has 0 atom stereocenters. The third-order valence-electron chi connectivity index (χ3n) is 2.53. The van der Waals surface area contributed by atoms with E-state index in [2.05, 4.69) is 22.0 Å². The van der Waals surface area contributed by atoms with Crippen molar-refractivity contribution in [1.29, 1.82) is 0 Å². The maximum atomic E-state index is 11.2. The summed E-state index contributed by atoms with van der Waals surface area (Å²) in [5.41, 5.74) is 2.22. The number of aryl methyl sites for hydroxylation is 2. The topological polar surface area (TPSA) is 73.3 Å². The molecule has 2 rings (SSSR count). The molecule has 1 amide bonds. The van der Waals surface area contributed by atoms with Crippen LogP contribution in [0.2, 0.25) is 0 Å². The zero-order chi connectivity index (χ0) is 12.4. The summed E-state index contributed by atoms with van der Waals surface area (Å²) in [6.07, 6.45) is 3.10. The molecule has 0 unspecified atom stereocenters. The Morgan fingerprint density at radius 3 is 2.94 bits per heavy atom. The van der Waals surface area contributed by atoms with E-state index in [1.165, 1.54) is 6.20 Å². The first kappa shape index (κ1) is 11.3. The van der Waals surface area contributed by atoms with Gasteiger partial charge in [-0.1, -0.05) is 5.16 Å². The van der Waals surface area contributed by atoms with Crippen molar-refractivity contribution in [3.8, 4) is 0 Å². The number of aliphatic imine (C=N–C) groups is 1. The molecule has 0 aromatic carbocycles. The van der Waals surface area contributed by atoms with Crippen LogP contribution in [0.15, 0.2) is 21.9 Å². The highest BCUT2D eigenvalue weighted by Gasteiger charge is 2.11. The van der Waals surface area contributed by atoms with Gasteiger partial charge in [-0.2, -0.15) is 5.10 Å². The number of hydrogen-bond acceptors (Lipinski definition) is 4. The van der Waals surface area contributed by atoms with Crippen LogP contribution >= 0.6 is 0 Å². The van der Waals surface area contributed by atoms with Crippen molar-refractivity contribution in [2.45, 2.75) is 20.4 Å². The van der Waals surface area contributed by atoms with Gasteiger partial charge in [-0.3, -0.25) is 9.48 Å². The fourth-order valence-corrected chi connectivity index (χ4v) is 1.54. The highest BCUT2D eigenvalue weighted by Crippen LogP contribution is 2.13. The first-order valence-corrected chi connectivity index (χ1v) is 5.07. The van der Waals surface area contributed by atoms with Gasteiger partial charge in [0.05, 0.1) is 24.0 Å². The monoisotopic (exact) mass is 232 g/mol. The largest absolute Gasteiger partial charge is 0.361 e. The minimum atomic E-state index is -0.380. The number of rotatable bonds is 3. The van der Waals surface area contributed by atoms with Crippen molar-refractivity contribution in [1.82, 2.24) is 14.9 Å². The van der Waals surface area contributed by atoms with Crippen LogP contribution in [0.1, 0.15) is 27.4 Å². The van der Waals surface area contributed by atoms with Gasteiger partial charge < -0.3 is 4.52 Å². The summed E-state index contributed by atoms with van der Waals surface area (Å²) >= 11 is 0. The molecule has 6 nitrogen and oxygen atoms in total. The maximum Gasteiger partial charge on any atom is 0.279 e. The molecule has 0 aliphatic carbocycles. The summed E-state index contributed by atoms with van der Waals surface area (Å²) in [6.45, 7) is 7.42. The Morgan fingerprint density at radius 2 is 2.35 bits per heavy atom. The molecule has 0 aliphatic heterocycles. The van der Waals surface area contributed by atoms with Gasteiger partial charge in [-0.25, -0.2) is 4.99 Å². The second-order valence-electron chi connectivity index (χ2n) is 3.69. The Hall–Kier alpha value is -2.24. The van der Waals surface area contributed by atoms with Crippen LogP contribution in [0.5, 0.6) is 0 Å². The van der Waals surface area contributed by atoms with Crippen molar-refractivity contribution >= 4 is 12.6 Å². The predicted octanol–water partition coefficient (Wildman–Crippen LogP) is 1.38. The third-order valence-corrected chi connectivity index (χ3v) is 2.53. The number of carbonyl (C=O) groups excluding carboxylic acids is 1. The quantitative estimate of drug-likeness (QED) is 0.749. The van der Waals surface area contributed by atoms with Crippen molar-refractivity contribution in [2.75, 3.05) is 0 Å². The molecule has 88 valence electrons. The molecular formula is C11H12N4O2. The van der Waals surface area contributed by atoms with E-state index in [1.807, 2.05) is 13.8 Å². The van der Waals surface area contributed by atoms with Crippen LogP contribution in [-0.2, 0) is 6.54 Å². The van der Waals surface area contributed by atoms with Gasteiger partial charge in [0.25, 0.3) is 5.91 Å². The van der Waals surface area contributed by atoms with Crippen LogP contribution < -0.4 is 0 Å². The average Bonchev–Trinajstić information content (AvgIpc) is 2.90. The van der Waals surface area contributed by atoms with Gasteiger partial charge in [-0.15, -0.1) is 0 Å². The van der Waals surface area contributed by atoms with Crippen LogP contribution in [-0.4, -0.2) is 27.6 Å². The predicted molar refractivity (Wildman–Crippen MR) is 61.2 cm³/mol. The molecule has 2 aromatic rings. The SMILES string of the molecule is C=NC(=O)c1cnn(Cc2c(C)noc2C)c1. The molecule has 0 N–H and O–H groups in total. The van der Waals surface area contributed by atoms with E-state index in [-0.39, 0.29) is 5.91 Å². The maximum absolute atomic E-state index is 11.2. The molecule has 0 bridgehead atoms. The van der Waals surface area contributed by atoms with E-state index < -0.39 is 0 Å². The minimum Gasteiger partial charge on any atom is -0.361 e. The lowest BCUT2D eigenvalue weighted by atomic mass is 10.2. The fraction of sp³-hybridized carbons (Fsp3) is 0.273. The molecular weight excluding hydrogens is 220 g/mol. The van der Waals surface area contributed by atoms with Gasteiger partial charge in [0, 0.05) is 11.8 Å². The third kappa shape index (κ3) is 2.15. The average molecular weight is 232 g/mol. The number of carbonyl (C=O) groups is 1. The molecule has 0 radical (unpaired) electrons. The summed E-state index contributed by atoms with van der Waals surface area (Å²) in [4.78, 5) is 14.6. The van der Waals surface area contributed by atoms with Crippen molar-refractivity contribution in [3.63, 3.8) is 0 Å². The van der Waals surface area contributed by atoms with Crippen molar-refractivity contribution in [3.05, 3.63) is 35.0 Å². The van der Waals surface area contributed by atoms with Crippen LogP contribution in [0, 0.1) is 13.8 Å². The van der Waals surface area contributed by atoms with Crippen LogP contribution in [0.3, 0.4) is 0 Å². The van der Waals surface area contributed by atoms with E-state index in [4.69, 9.17) is 4.52 Å². The standard InChI is InChI=1S/C11H12N4O2/c1-7-10(8(2)17-14-7)6-15-5-9(4-13-15)11(16)12-3/h4-5H,3,6H2,1-2H3. The van der Waals surface area contributed by atoms with E-state index in [9.17, 15) is 4.79 Å². The van der Waals surface area contributed by atoms with Gasteiger partial charge in [0.2, 0.25) is 0 Å². The van der Waals surface area contributed by atoms with Crippen LogP contribution in [0.25, 0.3) is 0 Å². The van der Waals surface area contributed by atoms with E-state index in [0.29, 0.717) is 12.1 Å². The van der Waals surface area contributed by atoms with E-state index in [1.54, 1.807) is 10.9 Å². The number of amides is 1. The number of aromatic nitrogens is 3. The molecule has 17 heavy (non-hydrogen) atoms. The van der Waals surface area contributed by atoms with Gasteiger partial charge in [0.15, 0.2) is 0 Å². The lowest BCUT2D eigenvalue weighted by molar-refractivity contribution is 0.100. The lowest BCUT2D eigenvalue weighted by Crippen LogP contribution is -2.02. The Balaban J connectivity index is 2.23.